The standard InChI is InChI=1S/C12H17N3O2/c16-6-1-3-13-9-11-2-4-15-12(8-11)10-14-5-7-17/h2,4,7-9,14,16H,1,3,5-6,10H2/b13-9+. The third kappa shape index (κ3) is 5.89. The second-order valence-electron chi connectivity index (χ2n) is 3.49. The molecule has 0 saturated carbocycles. The molecule has 2 N–H and O–H groups in total. The molecular weight excluding hydrogens is 218 g/mol. The number of aliphatic hydroxyl groups excluding tert-OH is 1. The Hall–Kier alpha value is -1.59. The van der Waals surface area contributed by atoms with Crippen LogP contribution in [-0.4, -0.2) is 42.3 Å². The largest absolute Gasteiger partial charge is 0.396 e. The Balaban J connectivity index is 2.47. The molecular formula is C12H17N3O2. The van der Waals surface area contributed by atoms with Gasteiger partial charge in [0.2, 0.25) is 0 Å². The number of hydrogen-bond acceptors (Lipinski definition) is 5. The zero-order valence-electron chi connectivity index (χ0n) is 9.67. The van der Waals surface area contributed by atoms with E-state index in [2.05, 4.69) is 15.3 Å². The van der Waals surface area contributed by atoms with Crippen LogP contribution >= 0.6 is 0 Å². The number of pyridine rings is 1. The van der Waals surface area contributed by atoms with Crippen LogP contribution in [0.25, 0.3) is 0 Å². The second-order valence-corrected chi connectivity index (χ2v) is 3.49. The Bertz CT molecular complexity index is 367. The van der Waals surface area contributed by atoms with Crippen molar-refractivity contribution in [3.63, 3.8) is 0 Å². The summed E-state index contributed by atoms with van der Waals surface area (Å²) in [6.45, 7) is 1.68. The number of hydrogen-bond donors (Lipinski definition) is 2. The molecule has 0 aliphatic rings. The Morgan fingerprint density at radius 2 is 2.41 bits per heavy atom. The van der Waals surface area contributed by atoms with Crippen molar-refractivity contribution in [2.75, 3.05) is 19.7 Å². The average molecular weight is 235 g/mol. The van der Waals surface area contributed by atoms with Crippen molar-refractivity contribution < 1.29 is 9.90 Å². The van der Waals surface area contributed by atoms with E-state index in [-0.39, 0.29) is 6.61 Å². The quantitative estimate of drug-likeness (QED) is 0.383. The molecule has 0 aliphatic carbocycles. The van der Waals surface area contributed by atoms with E-state index in [0.29, 0.717) is 26.1 Å². The highest BCUT2D eigenvalue weighted by molar-refractivity contribution is 5.79. The molecule has 0 saturated heterocycles. The molecule has 0 bridgehead atoms. The van der Waals surface area contributed by atoms with Crippen LogP contribution in [0.15, 0.2) is 23.3 Å². The highest BCUT2D eigenvalue weighted by Crippen LogP contribution is 1.99. The van der Waals surface area contributed by atoms with Gasteiger partial charge in [0.15, 0.2) is 0 Å². The van der Waals surface area contributed by atoms with E-state index in [4.69, 9.17) is 5.11 Å². The molecule has 1 aromatic rings. The predicted molar refractivity (Wildman–Crippen MR) is 66.2 cm³/mol. The maximum atomic E-state index is 10.1. The van der Waals surface area contributed by atoms with Crippen LogP contribution in [0.5, 0.6) is 0 Å². The fourth-order valence-electron chi connectivity index (χ4n) is 1.26. The minimum Gasteiger partial charge on any atom is -0.396 e. The molecule has 17 heavy (non-hydrogen) atoms. The molecule has 0 fully saturated rings. The van der Waals surface area contributed by atoms with Crippen LogP contribution in [0.4, 0.5) is 0 Å². The van der Waals surface area contributed by atoms with Gasteiger partial charge < -0.3 is 15.2 Å². The molecule has 0 spiro atoms. The summed E-state index contributed by atoms with van der Waals surface area (Å²) in [6, 6.07) is 3.78. The van der Waals surface area contributed by atoms with Crippen LogP contribution in [0.3, 0.4) is 0 Å². The van der Waals surface area contributed by atoms with E-state index < -0.39 is 0 Å². The first-order chi connectivity index (χ1) is 8.36. The Morgan fingerprint density at radius 1 is 1.53 bits per heavy atom. The van der Waals surface area contributed by atoms with Gasteiger partial charge in [-0.1, -0.05) is 0 Å². The number of aliphatic hydroxyl groups is 1. The Morgan fingerprint density at radius 3 is 3.18 bits per heavy atom. The number of aliphatic imine (C=N–C) groups is 1. The molecule has 0 amide bonds. The molecule has 0 aliphatic heterocycles. The molecule has 5 nitrogen and oxygen atoms in total. The van der Waals surface area contributed by atoms with Gasteiger partial charge in [-0.2, -0.15) is 0 Å². The summed E-state index contributed by atoms with van der Waals surface area (Å²) in [5.41, 5.74) is 1.85. The Kier molecular flexibility index (Phi) is 6.78. The summed E-state index contributed by atoms with van der Waals surface area (Å²) in [5.74, 6) is 0. The van der Waals surface area contributed by atoms with Gasteiger partial charge in [0.1, 0.15) is 6.29 Å². The normalized spacial score (nSPS) is 10.9. The molecule has 0 aromatic carbocycles. The number of aromatic nitrogens is 1. The molecule has 92 valence electrons. The van der Waals surface area contributed by atoms with Crippen molar-refractivity contribution in [2.45, 2.75) is 13.0 Å². The topological polar surface area (TPSA) is 74.6 Å². The average Bonchev–Trinajstić information content (AvgIpc) is 2.36. The number of nitrogens with one attached hydrogen (secondary N) is 1. The number of aldehydes is 1. The molecule has 5 heteroatoms. The fraction of sp³-hybridized carbons (Fsp3) is 0.417. The van der Waals surface area contributed by atoms with Crippen molar-refractivity contribution in [3.05, 3.63) is 29.6 Å². The van der Waals surface area contributed by atoms with Crippen LogP contribution < -0.4 is 5.32 Å². The van der Waals surface area contributed by atoms with Gasteiger partial charge in [0, 0.05) is 32.1 Å². The molecule has 0 unspecified atom stereocenters. The lowest BCUT2D eigenvalue weighted by molar-refractivity contribution is -0.107. The summed E-state index contributed by atoms with van der Waals surface area (Å²) in [4.78, 5) is 18.5. The maximum Gasteiger partial charge on any atom is 0.133 e. The van der Waals surface area contributed by atoms with E-state index in [9.17, 15) is 4.79 Å². The van der Waals surface area contributed by atoms with Crippen molar-refractivity contribution in [1.82, 2.24) is 10.3 Å². The van der Waals surface area contributed by atoms with E-state index in [1.165, 1.54) is 0 Å². The molecule has 1 heterocycles. The molecule has 0 radical (unpaired) electrons. The Labute approximate surface area is 101 Å². The van der Waals surface area contributed by atoms with Gasteiger partial charge in [-0.15, -0.1) is 0 Å². The summed E-state index contributed by atoms with van der Waals surface area (Å²) in [6.07, 6.45) is 4.97. The summed E-state index contributed by atoms with van der Waals surface area (Å²) in [7, 11) is 0. The minimum absolute atomic E-state index is 0.161. The first-order valence-corrected chi connectivity index (χ1v) is 5.57. The number of rotatable bonds is 8. The summed E-state index contributed by atoms with van der Waals surface area (Å²) >= 11 is 0. The fourth-order valence-corrected chi connectivity index (χ4v) is 1.26. The second kappa shape index (κ2) is 8.55. The van der Waals surface area contributed by atoms with Crippen LogP contribution in [0, 0.1) is 0 Å². The summed E-state index contributed by atoms with van der Waals surface area (Å²) < 4.78 is 0. The number of nitrogens with zero attached hydrogens (tertiary/aromatic N) is 2. The highest BCUT2D eigenvalue weighted by Gasteiger charge is 1.95. The predicted octanol–water partition coefficient (Wildman–Crippen LogP) is 0.171. The SMILES string of the molecule is O=CCNCc1cc(/C=N/CCCO)ccn1. The van der Waals surface area contributed by atoms with Crippen LogP contribution in [0.2, 0.25) is 0 Å². The van der Waals surface area contributed by atoms with Crippen molar-refractivity contribution in [3.8, 4) is 0 Å². The molecule has 1 aromatic heterocycles. The smallest absolute Gasteiger partial charge is 0.133 e. The van der Waals surface area contributed by atoms with Gasteiger partial charge in [0.05, 0.1) is 12.2 Å². The lowest BCUT2D eigenvalue weighted by atomic mass is 10.2. The third-order valence-electron chi connectivity index (χ3n) is 2.06. The van der Waals surface area contributed by atoms with E-state index in [1.54, 1.807) is 12.4 Å². The van der Waals surface area contributed by atoms with E-state index >= 15 is 0 Å². The van der Waals surface area contributed by atoms with Crippen LogP contribution in [-0.2, 0) is 11.3 Å². The number of carbonyl (C=O) groups excluding carboxylic acids is 1. The zero-order valence-corrected chi connectivity index (χ0v) is 9.67. The highest BCUT2D eigenvalue weighted by atomic mass is 16.3. The van der Waals surface area contributed by atoms with Gasteiger partial charge in [-0.25, -0.2) is 0 Å². The van der Waals surface area contributed by atoms with E-state index in [1.807, 2.05) is 12.1 Å². The lowest BCUT2D eigenvalue weighted by Gasteiger charge is -2.01. The van der Waals surface area contributed by atoms with Gasteiger partial charge >= 0.3 is 0 Å². The van der Waals surface area contributed by atoms with Crippen molar-refractivity contribution >= 4 is 12.5 Å². The maximum absolute atomic E-state index is 10.1. The first kappa shape index (κ1) is 13.5. The van der Waals surface area contributed by atoms with E-state index in [0.717, 1.165) is 17.5 Å². The third-order valence-corrected chi connectivity index (χ3v) is 2.06. The van der Waals surface area contributed by atoms with Crippen molar-refractivity contribution in [1.29, 1.82) is 0 Å². The van der Waals surface area contributed by atoms with Gasteiger partial charge in [-0.05, 0) is 24.1 Å². The van der Waals surface area contributed by atoms with Gasteiger partial charge in [-0.3, -0.25) is 9.98 Å². The van der Waals surface area contributed by atoms with Gasteiger partial charge in [0.25, 0.3) is 0 Å². The first-order valence-electron chi connectivity index (χ1n) is 5.57. The molecule has 0 atom stereocenters. The van der Waals surface area contributed by atoms with Crippen molar-refractivity contribution in [2.24, 2.45) is 4.99 Å². The lowest BCUT2D eigenvalue weighted by Crippen LogP contribution is -2.16. The van der Waals surface area contributed by atoms with Crippen LogP contribution in [0.1, 0.15) is 17.7 Å². The minimum atomic E-state index is 0.161. The zero-order chi connectivity index (χ0) is 12.3. The monoisotopic (exact) mass is 235 g/mol. The molecule has 1 rings (SSSR count). The summed E-state index contributed by atoms with van der Waals surface area (Å²) in [5, 5.41) is 11.6. The number of carbonyl (C=O) groups is 1.